The first-order chi connectivity index (χ1) is 9.08. The molecule has 1 aliphatic heterocycles. The van der Waals surface area contributed by atoms with E-state index in [0.29, 0.717) is 0 Å². The van der Waals surface area contributed by atoms with Crippen LogP contribution in [0.5, 0.6) is 0 Å². The Kier molecular flexibility index (Phi) is 4.44. The molecule has 0 aromatic carbocycles. The summed E-state index contributed by atoms with van der Waals surface area (Å²) < 4.78 is 51.2. The molecule has 1 aromatic heterocycles. The predicted octanol–water partition coefficient (Wildman–Crippen LogP) is 3.67. The average molecular weight is 277 g/mol. The van der Waals surface area contributed by atoms with Crippen LogP contribution in [0.2, 0.25) is 0 Å². The lowest BCUT2D eigenvalue weighted by atomic mass is 10.1. The highest BCUT2D eigenvalue weighted by molar-refractivity contribution is 5.27. The number of aromatic nitrogens is 2. The van der Waals surface area contributed by atoms with Crippen LogP contribution in [0.4, 0.5) is 17.6 Å². The lowest BCUT2D eigenvalue weighted by molar-refractivity contribution is 0.143. The molecule has 2 rings (SSSR count). The number of likely N-dealkylation sites (tertiary alicyclic amines) is 1. The molecule has 1 aromatic rings. The van der Waals surface area contributed by atoms with Crippen molar-refractivity contribution in [1.82, 2.24) is 14.7 Å². The van der Waals surface area contributed by atoms with Gasteiger partial charge in [-0.15, -0.1) is 0 Å². The Morgan fingerprint density at radius 3 is 2.26 bits per heavy atom. The molecule has 19 heavy (non-hydrogen) atoms. The molecule has 0 aliphatic carbocycles. The van der Waals surface area contributed by atoms with Gasteiger partial charge >= 0.3 is 0 Å². The van der Waals surface area contributed by atoms with Crippen molar-refractivity contribution in [1.29, 1.82) is 0 Å². The predicted molar refractivity (Wildman–Crippen MR) is 62.9 cm³/mol. The summed E-state index contributed by atoms with van der Waals surface area (Å²) in [7, 11) is 0. The van der Waals surface area contributed by atoms with Gasteiger partial charge in [0.15, 0.2) is 0 Å². The molecule has 0 unspecified atom stereocenters. The second-order valence-electron chi connectivity index (χ2n) is 4.43. The third kappa shape index (κ3) is 3.48. The molecular weight excluding hydrogens is 262 g/mol. The van der Waals surface area contributed by atoms with E-state index < -0.39 is 24.2 Å². The van der Waals surface area contributed by atoms with Gasteiger partial charge in [0, 0.05) is 25.5 Å². The van der Waals surface area contributed by atoms with E-state index in [1.807, 2.05) is 4.90 Å². The van der Waals surface area contributed by atoms with E-state index in [9.17, 15) is 17.6 Å². The Morgan fingerprint density at radius 1 is 1.00 bits per heavy atom. The average Bonchev–Trinajstić information content (AvgIpc) is 2.82. The van der Waals surface area contributed by atoms with Gasteiger partial charge < -0.3 is 4.90 Å². The maximum atomic E-state index is 12.7. The van der Waals surface area contributed by atoms with E-state index in [0.717, 1.165) is 43.1 Å². The third-order valence-corrected chi connectivity index (χ3v) is 3.04. The molecule has 0 radical (unpaired) electrons. The van der Waals surface area contributed by atoms with Crippen LogP contribution in [0.25, 0.3) is 6.20 Å². The van der Waals surface area contributed by atoms with E-state index in [4.69, 9.17) is 0 Å². The first-order valence-electron chi connectivity index (χ1n) is 6.16. The molecule has 0 spiro atoms. The van der Waals surface area contributed by atoms with E-state index in [1.54, 1.807) is 6.20 Å². The van der Waals surface area contributed by atoms with E-state index >= 15 is 0 Å². The minimum atomic E-state index is -2.85. The zero-order chi connectivity index (χ0) is 13.8. The summed E-state index contributed by atoms with van der Waals surface area (Å²) in [5.74, 6) is 0. The molecule has 1 fully saturated rings. The van der Waals surface area contributed by atoms with Crippen LogP contribution in [-0.2, 0) is 0 Å². The number of rotatable bonds is 4. The number of halogens is 4. The van der Waals surface area contributed by atoms with Gasteiger partial charge in [0.05, 0.1) is 0 Å². The third-order valence-electron chi connectivity index (χ3n) is 3.04. The quantitative estimate of drug-likeness (QED) is 0.783. The minimum absolute atomic E-state index is 0.511. The maximum absolute atomic E-state index is 12.7. The Balaban J connectivity index is 2.15. The molecule has 0 N–H and O–H groups in total. The van der Waals surface area contributed by atoms with Crippen molar-refractivity contribution in [2.45, 2.75) is 32.1 Å². The minimum Gasteiger partial charge on any atom is -0.376 e. The monoisotopic (exact) mass is 277 g/mol. The van der Waals surface area contributed by atoms with E-state index in [1.165, 1.54) is 6.20 Å². The number of alkyl halides is 4. The van der Waals surface area contributed by atoms with Crippen LogP contribution in [0.1, 0.15) is 43.5 Å². The van der Waals surface area contributed by atoms with E-state index in [-0.39, 0.29) is 0 Å². The molecular formula is C12H15F4N3. The van der Waals surface area contributed by atoms with Crippen LogP contribution in [-0.4, -0.2) is 27.8 Å². The topological polar surface area (TPSA) is 21.1 Å². The van der Waals surface area contributed by atoms with Crippen LogP contribution in [0, 0.1) is 0 Å². The van der Waals surface area contributed by atoms with Crippen molar-refractivity contribution >= 4 is 6.20 Å². The molecule has 2 heterocycles. The normalized spacial score (nSPS) is 17.1. The number of hydrogen-bond acceptors (Lipinski definition) is 2. The highest BCUT2D eigenvalue weighted by Gasteiger charge is 2.20. The fourth-order valence-electron chi connectivity index (χ4n) is 2.04. The van der Waals surface area contributed by atoms with Gasteiger partial charge in [0.1, 0.15) is 11.4 Å². The SMILES string of the molecule is FC(F)c1cc(C(F)F)n(C=CN2CCCCC2)n1. The summed E-state index contributed by atoms with van der Waals surface area (Å²) in [6.45, 7) is 1.70. The number of nitrogens with zero attached hydrogens (tertiary/aromatic N) is 3. The largest absolute Gasteiger partial charge is 0.376 e. The van der Waals surface area contributed by atoms with Gasteiger partial charge in [-0.05, 0) is 25.3 Å². The number of piperidine rings is 1. The molecule has 1 aliphatic rings. The van der Waals surface area contributed by atoms with Crippen molar-refractivity contribution in [3.05, 3.63) is 23.7 Å². The van der Waals surface area contributed by atoms with Crippen LogP contribution >= 0.6 is 0 Å². The molecule has 0 bridgehead atoms. The summed E-state index contributed by atoms with van der Waals surface area (Å²) in [6, 6.07) is 0.746. The van der Waals surface area contributed by atoms with Crippen LogP contribution in [0.3, 0.4) is 0 Å². The lowest BCUT2D eigenvalue weighted by Crippen LogP contribution is -2.24. The van der Waals surface area contributed by atoms with Crippen LogP contribution in [0.15, 0.2) is 12.3 Å². The van der Waals surface area contributed by atoms with Crippen LogP contribution < -0.4 is 0 Å². The van der Waals surface area contributed by atoms with Crippen molar-refractivity contribution in [3.8, 4) is 0 Å². The van der Waals surface area contributed by atoms with Crippen molar-refractivity contribution in [2.24, 2.45) is 0 Å². The van der Waals surface area contributed by atoms with Gasteiger partial charge in [-0.1, -0.05) is 0 Å². The molecule has 1 saturated heterocycles. The van der Waals surface area contributed by atoms with Crippen molar-refractivity contribution in [2.75, 3.05) is 13.1 Å². The molecule has 3 nitrogen and oxygen atoms in total. The first-order valence-corrected chi connectivity index (χ1v) is 6.16. The zero-order valence-electron chi connectivity index (χ0n) is 10.3. The molecule has 0 atom stereocenters. The fourth-order valence-corrected chi connectivity index (χ4v) is 2.04. The first kappa shape index (κ1) is 13.9. The smallest absolute Gasteiger partial charge is 0.282 e. The van der Waals surface area contributed by atoms with Crippen molar-refractivity contribution in [3.63, 3.8) is 0 Å². The van der Waals surface area contributed by atoms with Gasteiger partial charge in [0.25, 0.3) is 12.9 Å². The van der Waals surface area contributed by atoms with Gasteiger partial charge in [-0.25, -0.2) is 22.2 Å². The molecule has 0 saturated carbocycles. The standard InChI is InChI=1S/C12H15F4N3/c13-11(14)9-8-10(12(15)16)19(17-9)7-6-18-4-2-1-3-5-18/h6-8,11-12H,1-5H2. The van der Waals surface area contributed by atoms with Gasteiger partial charge in [-0.2, -0.15) is 5.10 Å². The Morgan fingerprint density at radius 2 is 1.68 bits per heavy atom. The van der Waals surface area contributed by atoms with Gasteiger partial charge in [-0.3, -0.25) is 0 Å². The Hall–Kier alpha value is -1.53. The van der Waals surface area contributed by atoms with Crippen molar-refractivity contribution < 1.29 is 17.6 Å². The summed E-state index contributed by atoms with van der Waals surface area (Å²) in [6.07, 6.45) is 0.532. The highest BCUT2D eigenvalue weighted by Crippen LogP contribution is 2.25. The summed E-state index contributed by atoms with van der Waals surface area (Å²) in [5.41, 5.74) is -1.14. The lowest BCUT2D eigenvalue weighted by Gasteiger charge is -2.24. The molecule has 0 amide bonds. The summed E-state index contributed by atoms with van der Waals surface area (Å²) in [4.78, 5) is 1.97. The summed E-state index contributed by atoms with van der Waals surface area (Å²) >= 11 is 0. The fraction of sp³-hybridized carbons (Fsp3) is 0.583. The highest BCUT2D eigenvalue weighted by atomic mass is 19.3. The zero-order valence-corrected chi connectivity index (χ0v) is 10.3. The van der Waals surface area contributed by atoms with Gasteiger partial charge in [0.2, 0.25) is 0 Å². The van der Waals surface area contributed by atoms with E-state index in [2.05, 4.69) is 5.10 Å². The maximum Gasteiger partial charge on any atom is 0.282 e. The Labute approximate surface area is 108 Å². The Bertz CT molecular complexity index is 436. The second-order valence-corrected chi connectivity index (χ2v) is 4.43. The molecule has 106 valence electrons. The second kappa shape index (κ2) is 6.08. The molecule has 7 heteroatoms. The summed E-state index contributed by atoms with van der Waals surface area (Å²) in [5, 5.41) is 3.49. The number of hydrogen-bond donors (Lipinski definition) is 0.